The second-order valence-corrected chi connectivity index (χ2v) is 8.66. The van der Waals surface area contributed by atoms with Crippen LogP contribution in [0.4, 0.5) is 5.69 Å². The predicted octanol–water partition coefficient (Wildman–Crippen LogP) is 6.91. The molecule has 0 spiro atoms. The zero-order chi connectivity index (χ0) is 20.2. The highest BCUT2D eigenvalue weighted by Crippen LogP contribution is 2.26. The number of para-hydroxylation sites is 1. The fourth-order valence-electron chi connectivity index (χ4n) is 3.53. The molecule has 5 heteroatoms. The maximum Gasteiger partial charge on any atom is 0.211 e. The van der Waals surface area contributed by atoms with Gasteiger partial charge in [0.25, 0.3) is 0 Å². The molecular formula is C24H24ClN3S. The largest absolute Gasteiger partial charge is 0.219 e. The molecule has 0 saturated carbocycles. The molecule has 0 radical (unpaired) electrons. The van der Waals surface area contributed by atoms with E-state index in [1.807, 2.05) is 22.9 Å². The molecule has 3 aromatic rings. The summed E-state index contributed by atoms with van der Waals surface area (Å²) >= 11 is 7.85. The molecule has 0 N–H and O–H groups in total. The number of hydrogen-bond donors (Lipinski definition) is 0. The minimum Gasteiger partial charge on any atom is -0.219 e. The van der Waals surface area contributed by atoms with Gasteiger partial charge in [-0.05, 0) is 62.3 Å². The standard InChI is InChI=1S/C24H24ClN3S/c1-17-8-6-9-18(2)23(17)27-24-28(26-15-19-10-4-3-5-11-19)22(16-29-24)20-12-7-13-21(25)14-20/h3-4,6-9,12-16,19H,5,10-11H2,1-2H3/b26-15-,27-24?/t19-/m1/s1. The van der Waals surface area contributed by atoms with Crippen molar-refractivity contribution >= 4 is 34.8 Å². The van der Waals surface area contributed by atoms with Crippen LogP contribution < -0.4 is 4.80 Å². The van der Waals surface area contributed by atoms with Gasteiger partial charge in [-0.3, -0.25) is 0 Å². The van der Waals surface area contributed by atoms with Crippen LogP contribution in [0.15, 0.2) is 70.1 Å². The maximum absolute atomic E-state index is 6.25. The molecule has 1 heterocycles. The van der Waals surface area contributed by atoms with Crippen molar-refractivity contribution in [3.05, 3.63) is 80.9 Å². The summed E-state index contributed by atoms with van der Waals surface area (Å²) < 4.78 is 1.96. The van der Waals surface area contributed by atoms with Gasteiger partial charge in [0.05, 0.1) is 11.4 Å². The number of benzene rings is 2. The van der Waals surface area contributed by atoms with Crippen LogP contribution in [0.5, 0.6) is 0 Å². The molecule has 148 valence electrons. The quantitative estimate of drug-likeness (QED) is 0.323. The Morgan fingerprint density at radius 1 is 1.10 bits per heavy atom. The van der Waals surface area contributed by atoms with Gasteiger partial charge in [-0.25, -0.2) is 9.67 Å². The van der Waals surface area contributed by atoms with Gasteiger partial charge >= 0.3 is 0 Å². The molecule has 1 aliphatic carbocycles. The van der Waals surface area contributed by atoms with Gasteiger partial charge in [-0.2, -0.15) is 5.10 Å². The molecule has 1 aromatic heterocycles. The molecule has 0 unspecified atom stereocenters. The number of halogens is 1. The van der Waals surface area contributed by atoms with Crippen molar-refractivity contribution in [1.29, 1.82) is 0 Å². The molecule has 3 nitrogen and oxygen atoms in total. The maximum atomic E-state index is 6.25. The highest BCUT2D eigenvalue weighted by molar-refractivity contribution is 7.07. The van der Waals surface area contributed by atoms with Gasteiger partial charge < -0.3 is 0 Å². The summed E-state index contributed by atoms with van der Waals surface area (Å²) in [5.41, 5.74) is 5.38. The molecule has 0 amide bonds. The Balaban J connectivity index is 1.84. The summed E-state index contributed by atoms with van der Waals surface area (Å²) in [6.07, 6.45) is 9.88. The average molecular weight is 422 g/mol. The van der Waals surface area contributed by atoms with Crippen molar-refractivity contribution in [1.82, 2.24) is 4.68 Å². The van der Waals surface area contributed by atoms with Crippen LogP contribution in [0.25, 0.3) is 11.3 Å². The molecule has 0 fully saturated rings. The first kappa shape index (κ1) is 19.9. The monoisotopic (exact) mass is 421 g/mol. The number of hydrogen-bond acceptors (Lipinski definition) is 3. The first-order chi connectivity index (χ1) is 14.1. The van der Waals surface area contributed by atoms with Crippen molar-refractivity contribution in [3.63, 3.8) is 0 Å². The van der Waals surface area contributed by atoms with Gasteiger partial charge in [0, 0.05) is 22.2 Å². The van der Waals surface area contributed by atoms with E-state index >= 15 is 0 Å². The fourth-order valence-corrected chi connectivity index (χ4v) is 4.56. The van der Waals surface area contributed by atoms with Crippen LogP contribution in [0, 0.1) is 19.8 Å². The first-order valence-corrected chi connectivity index (χ1v) is 11.1. The Morgan fingerprint density at radius 3 is 2.62 bits per heavy atom. The lowest BCUT2D eigenvalue weighted by molar-refractivity contribution is 0.622. The smallest absolute Gasteiger partial charge is 0.211 e. The summed E-state index contributed by atoms with van der Waals surface area (Å²) in [7, 11) is 0. The fraction of sp³-hybridized carbons (Fsp3) is 0.250. The lowest BCUT2D eigenvalue weighted by atomic mass is 9.96. The third-order valence-corrected chi connectivity index (χ3v) is 6.21. The molecule has 1 aliphatic rings. The van der Waals surface area contributed by atoms with Crippen molar-refractivity contribution in [2.24, 2.45) is 16.0 Å². The minimum atomic E-state index is 0.465. The van der Waals surface area contributed by atoms with Crippen LogP contribution in [0.1, 0.15) is 30.4 Å². The lowest BCUT2D eigenvalue weighted by Gasteiger charge is -2.12. The highest BCUT2D eigenvalue weighted by Gasteiger charge is 2.11. The third kappa shape index (κ3) is 4.60. The summed E-state index contributed by atoms with van der Waals surface area (Å²) in [6.45, 7) is 4.19. The van der Waals surface area contributed by atoms with E-state index in [0.717, 1.165) is 57.2 Å². The van der Waals surface area contributed by atoms with Crippen molar-refractivity contribution in [2.75, 3.05) is 0 Å². The van der Waals surface area contributed by atoms with E-state index in [2.05, 4.69) is 61.9 Å². The van der Waals surface area contributed by atoms with E-state index in [0.29, 0.717) is 5.92 Å². The van der Waals surface area contributed by atoms with Crippen LogP contribution in [-0.4, -0.2) is 10.9 Å². The van der Waals surface area contributed by atoms with Gasteiger partial charge in [0.15, 0.2) is 0 Å². The topological polar surface area (TPSA) is 29.6 Å². The Kier molecular flexibility index (Phi) is 6.12. The van der Waals surface area contributed by atoms with Crippen molar-refractivity contribution in [2.45, 2.75) is 33.1 Å². The van der Waals surface area contributed by atoms with E-state index in [9.17, 15) is 0 Å². The molecule has 1 atom stereocenters. The molecule has 0 aliphatic heterocycles. The number of aromatic nitrogens is 1. The van der Waals surface area contributed by atoms with Crippen LogP contribution >= 0.6 is 22.9 Å². The van der Waals surface area contributed by atoms with Crippen LogP contribution in [0.3, 0.4) is 0 Å². The normalized spacial score (nSPS) is 17.3. The molecular weight excluding hydrogens is 398 g/mol. The van der Waals surface area contributed by atoms with Gasteiger partial charge in [0.2, 0.25) is 4.80 Å². The Morgan fingerprint density at radius 2 is 1.90 bits per heavy atom. The predicted molar refractivity (Wildman–Crippen MR) is 124 cm³/mol. The second kappa shape index (κ2) is 8.93. The van der Waals surface area contributed by atoms with Crippen LogP contribution in [0.2, 0.25) is 5.02 Å². The summed E-state index contributed by atoms with van der Waals surface area (Å²) in [5.74, 6) is 0.465. The minimum absolute atomic E-state index is 0.465. The van der Waals surface area contributed by atoms with Crippen molar-refractivity contribution in [3.8, 4) is 11.3 Å². The molecule has 4 rings (SSSR count). The summed E-state index contributed by atoms with van der Waals surface area (Å²) in [4.78, 5) is 5.85. The molecule has 2 aromatic carbocycles. The van der Waals surface area contributed by atoms with E-state index in [-0.39, 0.29) is 0 Å². The lowest BCUT2D eigenvalue weighted by Crippen LogP contribution is -2.14. The van der Waals surface area contributed by atoms with E-state index in [1.54, 1.807) is 11.3 Å². The van der Waals surface area contributed by atoms with E-state index in [1.165, 1.54) is 0 Å². The number of allylic oxidation sites excluding steroid dienone is 2. The van der Waals surface area contributed by atoms with E-state index < -0.39 is 0 Å². The number of rotatable bonds is 4. The molecule has 29 heavy (non-hydrogen) atoms. The third-order valence-electron chi connectivity index (χ3n) is 5.16. The Labute approximate surface area is 180 Å². The SMILES string of the molecule is Cc1cccc(C)c1N=c1scc(-c2cccc(Cl)c2)n1/N=C\[C@@H]1CC=CCC1. The van der Waals surface area contributed by atoms with Crippen molar-refractivity contribution < 1.29 is 0 Å². The average Bonchev–Trinajstić information content (AvgIpc) is 3.12. The molecule has 0 bridgehead atoms. The Hall–Kier alpha value is -2.43. The Bertz CT molecular complexity index is 1120. The number of aryl methyl sites for hydroxylation is 2. The summed E-state index contributed by atoms with van der Waals surface area (Å²) in [6, 6.07) is 14.2. The highest BCUT2D eigenvalue weighted by atomic mass is 35.5. The number of nitrogens with zero attached hydrogens (tertiary/aromatic N) is 3. The van der Waals surface area contributed by atoms with Gasteiger partial charge in [-0.15, -0.1) is 11.3 Å². The van der Waals surface area contributed by atoms with E-state index in [4.69, 9.17) is 21.7 Å². The van der Waals surface area contributed by atoms with Crippen LogP contribution in [-0.2, 0) is 0 Å². The zero-order valence-electron chi connectivity index (χ0n) is 16.7. The van der Waals surface area contributed by atoms with Gasteiger partial charge in [0.1, 0.15) is 0 Å². The second-order valence-electron chi connectivity index (χ2n) is 7.39. The first-order valence-electron chi connectivity index (χ1n) is 9.89. The number of thiazole rings is 1. The zero-order valence-corrected chi connectivity index (χ0v) is 18.2. The summed E-state index contributed by atoms with van der Waals surface area (Å²) in [5, 5.41) is 7.71. The van der Waals surface area contributed by atoms with Gasteiger partial charge in [-0.1, -0.05) is 54.1 Å². The molecule has 0 saturated heterocycles.